The number of likely N-dealkylation sites (tertiary alicyclic amines) is 1. The third-order valence-corrected chi connectivity index (χ3v) is 7.81. The van der Waals surface area contributed by atoms with Crippen molar-refractivity contribution in [3.8, 4) is 0 Å². The van der Waals surface area contributed by atoms with Crippen molar-refractivity contribution in [2.75, 3.05) is 32.7 Å². The molecule has 3 heterocycles. The summed E-state index contributed by atoms with van der Waals surface area (Å²) in [6.07, 6.45) is 3.14. The van der Waals surface area contributed by atoms with Crippen LogP contribution in [0.3, 0.4) is 0 Å². The van der Waals surface area contributed by atoms with Crippen LogP contribution in [-0.4, -0.2) is 77.4 Å². The van der Waals surface area contributed by atoms with Gasteiger partial charge in [-0.25, -0.2) is 0 Å². The molecule has 1 aromatic carbocycles. The Bertz CT molecular complexity index is 935. The molecule has 2 amide bonds. The molecule has 1 saturated carbocycles. The zero-order valence-corrected chi connectivity index (χ0v) is 19.5. The van der Waals surface area contributed by atoms with Crippen LogP contribution in [0.4, 0.5) is 0 Å². The van der Waals surface area contributed by atoms with E-state index in [0.29, 0.717) is 12.6 Å². The van der Waals surface area contributed by atoms with Gasteiger partial charge in [0.15, 0.2) is 0 Å². The number of hydrogen-bond acceptors (Lipinski definition) is 5. The Labute approximate surface area is 194 Å². The minimum atomic E-state index is -0.369. The second kappa shape index (κ2) is 9.33. The van der Waals surface area contributed by atoms with E-state index in [-0.39, 0.29) is 23.9 Å². The van der Waals surface area contributed by atoms with Crippen LogP contribution < -0.4 is 5.32 Å². The minimum Gasteiger partial charge on any atom is -0.338 e. The van der Waals surface area contributed by atoms with E-state index in [4.69, 9.17) is 0 Å². The number of nitrogens with one attached hydrogen (secondary N) is 1. The summed E-state index contributed by atoms with van der Waals surface area (Å²) in [4.78, 5) is 34.0. The normalized spacial score (nSPS) is 23.7. The summed E-state index contributed by atoms with van der Waals surface area (Å²) in [7, 11) is 0. The van der Waals surface area contributed by atoms with Gasteiger partial charge in [0.25, 0.3) is 5.91 Å². The molecule has 3 aliphatic rings. The summed E-state index contributed by atoms with van der Waals surface area (Å²) in [6, 6.07) is 12.9. The zero-order valence-electron chi connectivity index (χ0n) is 18.7. The average Bonchev–Trinajstić information content (AvgIpc) is 3.33. The topological polar surface area (TPSA) is 55.9 Å². The molecule has 0 radical (unpaired) electrons. The maximum absolute atomic E-state index is 13.5. The Morgan fingerprint density at radius 2 is 1.84 bits per heavy atom. The summed E-state index contributed by atoms with van der Waals surface area (Å²) < 4.78 is 0. The molecule has 2 unspecified atom stereocenters. The van der Waals surface area contributed by atoms with E-state index in [2.05, 4.69) is 41.4 Å². The van der Waals surface area contributed by atoms with Crippen molar-refractivity contribution in [1.29, 1.82) is 0 Å². The number of piperazine rings is 1. The molecular weight excluding hydrogens is 420 g/mol. The highest BCUT2D eigenvalue weighted by Gasteiger charge is 2.46. The van der Waals surface area contributed by atoms with Crippen LogP contribution in [0.15, 0.2) is 41.8 Å². The summed E-state index contributed by atoms with van der Waals surface area (Å²) in [5.74, 6) is 0.118. The summed E-state index contributed by atoms with van der Waals surface area (Å²) >= 11 is 1.46. The van der Waals surface area contributed by atoms with Crippen LogP contribution in [0.1, 0.15) is 40.1 Å². The number of hydrogen-bond donors (Lipinski definition) is 1. The van der Waals surface area contributed by atoms with Crippen LogP contribution >= 0.6 is 11.3 Å². The molecule has 1 N–H and O–H groups in total. The van der Waals surface area contributed by atoms with Crippen molar-refractivity contribution in [3.05, 3.63) is 57.8 Å². The Balaban J connectivity index is 1.38. The molecule has 1 aliphatic carbocycles. The van der Waals surface area contributed by atoms with Crippen LogP contribution in [0.5, 0.6) is 0 Å². The lowest BCUT2D eigenvalue weighted by atomic mass is 10.1. The number of aryl methyl sites for hydroxylation is 1. The van der Waals surface area contributed by atoms with E-state index < -0.39 is 0 Å². The van der Waals surface area contributed by atoms with Crippen LogP contribution in [-0.2, 0) is 11.3 Å². The van der Waals surface area contributed by atoms with Crippen LogP contribution in [0, 0.1) is 6.92 Å². The van der Waals surface area contributed by atoms with Gasteiger partial charge in [-0.3, -0.25) is 14.5 Å². The molecule has 170 valence electrons. The lowest BCUT2D eigenvalue weighted by molar-refractivity contribution is -0.135. The number of thiophene rings is 1. The number of amides is 2. The first kappa shape index (κ1) is 21.6. The zero-order chi connectivity index (χ0) is 22.1. The standard InChI is InChI=1S/C25H32N4O2S/c1-18-4-6-19(7-5-18)16-28(20-8-9-20)21-15-22(24(30)27-12-10-26-11-13-27)29(17-21)25(31)23-3-2-14-32-23/h2-7,14,20-22,26H,8-13,15-17H2,1H3. The van der Waals surface area contributed by atoms with Crippen LogP contribution in [0.2, 0.25) is 0 Å². The fraction of sp³-hybridized carbons (Fsp3) is 0.520. The number of benzene rings is 1. The quantitative estimate of drug-likeness (QED) is 0.732. The summed E-state index contributed by atoms with van der Waals surface area (Å²) in [5.41, 5.74) is 2.57. The number of nitrogens with zero attached hydrogens (tertiary/aromatic N) is 3. The fourth-order valence-electron chi connectivity index (χ4n) is 5.02. The van der Waals surface area contributed by atoms with Gasteiger partial charge in [0.1, 0.15) is 6.04 Å². The molecule has 2 saturated heterocycles. The van der Waals surface area contributed by atoms with Crippen molar-refractivity contribution < 1.29 is 9.59 Å². The molecule has 32 heavy (non-hydrogen) atoms. The average molecular weight is 453 g/mol. The predicted octanol–water partition coefficient (Wildman–Crippen LogP) is 2.74. The van der Waals surface area contributed by atoms with Crippen LogP contribution in [0.25, 0.3) is 0 Å². The first-order chi connectivity index (χ1) is 15.6. The maximum atomic E-state index is 13.5. The molecule has 5 rings (SSSR count). The monoisotopic (exact) mass is 452 g/mol. The molecule has 3 fully saturated rings. The van der Waals surface area contributed by atoms with E-state index in [1.165, 1.54) is 35.3 Å². The lowest BCUT2D eigenvalue weighted by Gasteiger charge is -2.32. The lowest BCUT2D eigenvalue weighted by Crippen LogP contribution is -2.53. The minimum absolute atomic E-state index is 0.00191. The highest BCUT2D eigenvalue weighted by molar-refractivity contribution is 7.12. The molecule has 0 spiro atoms. The van der Waals surface area contributed by atoms with E-state index in [1.54, 1.807) is 0 Å². The van der Waals surface area contributed by atoms with Crippen molar-refractivity contribution >= 4 is 23.2 Å². The molecule has 2 aromatic rings. The van der Waals surface area contributed by atoms with E-state index in [1.807, 2.05) is 27.3 Å². The fourth-order valence-corrected chi connectivity index (χ4v) is 5.70. The first-order valence-electron chi connectivity index (χ1n) is 11.8. The van der Waals surface area contributed by atoms with Gasteiger partial charge in [-0.2, -0.15) is 0 Å². The Kier molecular flexibility index (Phi) is 6.31. The van der Waals surface area contributed by atoms with Gasteiger partial charge < -0.3 is 15.1 Å². The van der Waals surface area contributed by atoms with Gasteiger partial charge in [0.2, 0.25) is 5.91 Å². The summed E-state index contributed by atoms with van der Waals surface area (Å²) in [6.45, 7) is 6.70. The van der Waals surface area contributed by atoms with Crippen molar-refractivity contribution in [2.45, 2.75) is 50.9 Å². The van der Waals surface area contributed by atoms with Crippen molar-refractivity contribution in [2.24, 2.45) is 0 Å². The maximum Gasteiger partial charge on any atom is 0.264 e. The van der Waals surface area contributed by atoms with Gasteiger partial charge in [0, 0.05) is 51.4 Å². The first-order valence-corrected chi connectivity index (χ1v) is 12.6. The van der Waals surface area contributed by atoms with Gasteiger partial charge in [-0.1, -0.05) is 35.9 Å². The second-order valence-electron chi connectivity index (χ2n) is 9.30. The number of carbonyl (C=O) groups is 2. The molecule has 7 heteroatoms. The molecular formula is C25H32N4O2S. The molecule has 6 nitrogen and oxygen atoms in total. The molecule has 1 aromatic heterocycles. The van der Waals surface area contributed by atoms with Gasteiger partial charge in [0.05, 0.1) is 4.88 Å². The number of rotatable bonds is 6. The second-order valence-corrected chi connectivity index (χ2v) is 10.3. The molecule has 2 atom stereocenters. The highest BCUT2D eigenvalue weighted by atomic mass is 32.1. The van der Waals surface area contributed by atoms with Crippen molar-refractivity contribution in [3.63, 3.8) is 0 Å². The number of carbonyl (C=O) groups excluding carboxylic acids is 2. The Morgan fingerprint density at radius 3 is 2.50 bits per heavy atom. The largest absolute Gasteiger partial charge is 0.338 e. The third kappa shape index (κ3) is 4.60. The predicted molar refractivity (Wildman–Crippen MR) is 127 cm³/mol. The smallest absolute Gasteiger partial charge is 0.264 e. The van der Waals surface area contributed by atoms with Gasteiger partial charge >= 0.3 is 0 Å². The Hall–Kier alpha value is -2.22. The van der Waals surface area contributed by atoms with Gasteiger partial charge in [-0.15, -0.1) is 11.3 Å². The van der Waals surface area contributed by atoms with E-state index >= 15 is 0 Å². The van der Waals surface area contributed by atoms with E-state index in [9.17, 15) is 9.59 Å². The SMILES string of the molecule is Cc1ccc(CN(C2CC2)C2CC(C(=O)N3CCNCC3)N(C(=O)c3cccs3)C2)cc1. The third-order valence-electron chi connectivity index (χ3n) is 6.96. The van der Waals surface area contributed by atoms with Crippen molar-refractivity contribution in [1.82, 2.24) is 20.0 Å². The van der Waals surface area contributed by atoms with Gasteiger partial charge in [-0.05, 0) is 43.2 Å². The Morgan fingerprint density at radius 1 is 1.09 bits per heavy atom. The molecule has 0 bridgehead atoms. The summed E-state index contributed by atoms with van der Waals surface area (Å²) in [5, 5.41) is 5.25. The molecule has 2 aliphatic heterocycles. The van der Waals surface area contributed by atoms with E-state index in [0.717, 1.165) is 44.0 Å². The highest BCUT2D eigenvalue weighted by Crippen LogP contribution is 2.36.